The molecule has 3 aromatic rings. The van der Waals surface area contributed by atoms with Gasteiger partial charge in [-0.3, -0.25) is 9.59 Å². The van der Waals surface area contributed by atoms with E-state index in [-0.39, 0.29) is 30.1 Å². The number of thioether (sulfide) groups is 1. The molecule has 0 spiro atoms. The molecule has 1 unspecified atom stereocenters. The van der Waals surface area contributed by atoms with Crippen LogP contribution in [0, 0.1) is 5.92 Å². The Balaban J connectivity index is 1.40. The number of thiophene rings is 1. The minimum absolute atomic E-state index is 0.160. The molecule has 0 fully saturated rings. The first-order chi connectivity index (χ1) is 17.3. The van der Waals surface area contributed by atoms with Crippen molar-refractivity contribution in [2.75, 3.05) is 23.0 Å². The molecule has 2 aromatic carbocycles. The van der Waals surface area contributed by atoms with Gasteiger partial charge in [0.2, 0.25) is 5.91 Å². The van der Waals surface area contributed by atoms with Crippen molar-refractivity contribution in [3.8, 4) is 0 Å². The zero-order chi connectivity index (χ0) is 25.7. The first-order valence-electron chi connectivity index (χ1n) is 11.7. The van der Waals surface area contributed by atoms with Gasteiger partial charge in [0.05, 0.1) is 17.9 Å². The second-order valence-electron chi connectivity index (χ2n) is 8.61. The number of anilines is 2. The molecular formula is C27H27ClN2O4S2. The summed E-state index contributed by atoms with van der Waals surface area (Å²) >= 11 is 8.81. The third-order valence-electron chi connectivity index (χ3n) is 5.79. The molecule has 1 heterocycles. The van der Waals surface area contributed by atoms with Crippen molar-refractivity contribution in [1.29, 1.82) is 0 Å². The monoisotopic (exact) mass is 542 g/mol. The van der Waals surface area contributed by atoms with E-state index in [0.717, 1.165) is 34.6 Å². The summed E-state index contributed by atoms with van der Waals surface area (Å²) < 4.78 is 5.28. The summed E-state index contributed by atoms with van der Waals surface area (Å²) in [6.45, 7) is 4.26. The van der Waals surface area contributed by atoms with Crippen LogP contribution in [0.15, 0.2) is 53.4 Å². The van der Waals surface area contributed by atoms with E-state index in [4.69, 9.17) is 16.3 Å². The fourth-order valence-corrected chi connectivity index (χ4v) is 6.43. The number of fused-ring (bicyclic) bond motifs is 1. The Morgan fingerprint density at radius 3 is 2.72 bits per heavy atom. The SMILES string of the molecule is CCOC(=O)c1c(NC(=O)CSc2cccc(NC(=O)c3cccc(Cl)c3)c2)sc2c1CCC(C)C2. The molecule has 2 amide bonds. The van der Waals surface area contributed by atoms with E-state index < -0.39 is 0 Å². The van der Waals surface area contributed by atoms with Crippen molar-refractivity contribution < 1.29 is 19.1 Å². The van der Waals surface area contributed by atoms with Crippen molar-refractivity contribution in [2.24, 2.45) is 5.92 Å². The summed E-state index contributed by atoms with van der Waals surface area (Å²) in [6, 6.07) is 14.0. The molecule has 0 aliphatic heterocycles. The largest absolute Gasteiger partial charge is 0.462 e. The van der Waals surface area contributed by atoms with Crippen LogP contribution in [-0.2, 0) is 22.4 Å². The Morgan fingerprint density at radius 1 is 1.14 bits per heavy atom. The topological polar surface area (TPSA) is 84.5 Å². The lowest BCUT2D eigenvalue weighted by molar-refractivity contribution is -0.113. The second-order valence-corrected chi connectivity index (χ2v) is 11.2. The molecule has 1 aromatic heterocycles. The standard InChI is InChI=1S/C27H27ClN2O4S2/c1-3-34-27(33)24-21-11-10-16(2)12-22(21)36-26(24)30-23(31)15-35-20-9-5-8-19(14-20)29-25(32)17-6-4-7-18(28)13-17/h4-9,13-14,16H,3,10-12,15H2,1-2H3,(H,29,32)(H,30,31). The molecule has 2 N–H and O–H groups in total. The molecule has 0 bridgehead atoms. The van der Waals surface area contributed by atoms with Gasteiger partial charge in [0.15, 0.2) is 0 Å². The van der Waals surface area contributed by atoms with Crippen molar-refractivity contribution in [1.82, 2.24) is 0 Å². The summed E-state index contributed by atoms with van der Waals surface area (Å²) in [5.74, 6) is -0.134. The van der Waals surface area contributed by atoms with E-state index >= 15 is 0 Å². The van der Waals surface area contributed by atoms with Crippen molar-refractivity contribution >= 4 is 63.2 Å². The minimum Gasteiger partial charge on any atom is -0.462 e. The van der Waals surface area contributed by atoms with Crippen LogP contribution < -0.4 is 10.6 Å². The van der Waals surface area contributed by atoms with Crippen LogP contribution in [0.25, 0.3) is 0 Å². The number of ether oxygens (including phenoxy) is 1. The Bertz CT molecular complexity index is 1290. The van der Waals surface area contributed by atoms with Crippen molar-refractivity contribution in [3.05, 3.63) is 75.1 Å². The van der Waals surface area contributed by atoms with E-state index in [1.165, 1.54) is 23.1 Å². The van der Waals surface area contributed by atoms with E-state index in [1.54, 1.807) is 37.3 Å². The Morgan fingerprint density at radius 2 is 1.94 bits per heavy atom. The summed E-state index contributed by atoms with van der Waals surface area (Å²) in [5.41, 5.74) is 2.61. The average Bonchev–Trinajstić information content (AvgIpc) is 3.20. The maximum Gasteiger partial charge on any atom is 0.341 e. The van der Waals surface area contributed by atoms with Gasteiger partial charge in [-0.05, 0) is 74.1 Å². The Hall–Kier alpha value is -2.81. The van der Waals surface area contributed by atoms with Gasteiger partial charge in [-0.1, -0.05) is 30.7 Å². The molecular weight excluding hydrogens is 516 g/mol. The molecule has 1 atom stereocenters. The van der Waals surface area contributed by atoms with Gasteiger partial charge < -0.3 is 15.4 Å². The smallest absolute Gasteiger partial charge is 0.341 e. The lowest BCUT2D eigenvalue weighted by atomic mass is 9.88. The number of rotatable bonds is 8. The van der Waals surface area contributed by atoms with Gasteiger partial charge >= 0.3 is 5.97 Å². The summed E-state index contributed by atoms with van der Waals surface area (Å²) in [4.78, 5) is 40.0. The normalized spacial score (nSPS) is 14.6. The predicted molar refractivity (Wildman–Crippen MR) is 147 cm³/mol. The zero-order valence-corrected chi connectivity index (χ0v) is 22.4. The number of carbonyl (C=O) groups is 3. The fourth-order valence-electron chi connectivity index (χ4n) is 4.07. The van der Waals surface area contributed by atoms with Crippen LogP contribution in [0.3, 0.4) is 0 Å². The third kappa shape index (κ3) is 6.49. The number of hydrogen-bond donors (Lipinski definition) is 2. The van der Waals surface area contributed by atoms with E-state index in [0.29, 0.717) is 32.8 Å². The Kier molecular flexibility index (Phi) is 8.72. The maximum absolute atomic E-state index is 12.8. The number of carbonyl (C=O) groups excluding carboxylic acids is 3. The average molecular weight is 543 g/mol. The summed E-state index contributed by atoms with van der Waals surface area (Å²) in [5, 5.41) is 6.86. The van der Waals surface area contributed by atoms with Gasteiger partial charge in [-0.2, -0.15) is 0 Å². The number of hydrogen-bond acceptors (Lipinski definition) is 6. The highest BCUT2D eigenvalue weighted by molar-refractivity contribution is 8.00. The summed E-state index contributed by atoms with van der Waals surface area (Å²) in [6.07, 6.45) is 2.74. The van der Waals surface area contributed by atoms with E-state index in [9.17, 15) is 14.4 Å². The number of halogens is 1. The first kappa shape index (κ1) is 26.3. The van der Waals surface area contributed by atoms with Crippen LogP contribution in [-0.4, -0.2) is 30.1 Å². The third-order valence-corrected chi connectivity index (χ3v) is 8.19. The second kappa shape index (κ2) is 12.0. The minimum atomic E-state index is -0.379. The molecule has 0 radical (unpaired) electrons. The summed E-state index contributed by atoms with van der Waals surface area (Å²) in [7, 11) is 0. The van der Waals surface area contributed by atoms with Gasteiger partial charge in [-0.25, -0.2) is 4.79 Å². The van der Waals surface area contributed by atoms with Crippen LogP contribution in [0.1, 0.15) is 51.4 Å². The molecule has 0 saturated carbocycles. The molecule has 4 rings (SSSR count). The molecule has 188 valence electrons. The molecule has 1 aliphatic carbocycles. The highest BCUT2D eigenvalue weighted by Gasteiger charge is 2.29. The zero-order valence-electron chi connectivity index (χ0n) is 20.1. The first-order valence-corrected chi connectivity index (χ1v) is 13.9. The number of amides is 2. The highest BCUT2D eigenvalue weighted by atomic mass is 35.5. The molecule has 36 heavy (non-hydrogen) atoms. The molecule has 0 saturated heterocycles. The number of benzene rings is 2. The van der Waals surface area contributed by atoms with Crippen LogP contribution in [0.2, 0.25) is 5.02 Å². The van der Waals surface area contributed by atoms with Crippen molar-refractivity contribution in [3.63, 3.8) is 0 Å². The van der Waals surface area contributed by atoms with Gasteiger partial charge in [0.1, 0.15) is 5.00 Å². The fraction of sp³-hybridized carbons (Fsp3) is 0.296. The number of nitrogens with one attached hydrogen (secondary N) is 2. The van der Waals surface area contributed by atoms with Crippen LogP contribution >= 0.6 is 34.7 Å². The molecule has 1 aliphatic rings. The van der Waals surface area contributed by atoms with Crippen LogP contribution in [0.4, 0.5) is 10.7 Å². The predicted octanol–water partition coefficient (Wildman–Crippen LogP) is 6.69. The quantitative estimate of drug-likeness (QED) is 0.245. The van der Waals surface area contributed by atoms with E-state index in [1.807, 2.05) is 18.2 Å². The van der Waals surface area contributed by atoms with Gasteiger partial charge in [0.25, 0.3) is 5.91 Å². The van der Waals surface area contributed by atoms with Gasteiger partial charge in [0, 0.05) is 26.0 Å². The maximum atomic E-state index is 12.8. The lowest BCUT2D eigenvalue weighted by Gasteiger charge is -2.18. The molecule has 9 heteroatoms. The number of esters is 1. The lowest BCUT2D eigenvalue weighted by Crippen LogP contribution is -2.17. The highest BCUT2D eigenvalue weighted by Crippen LogP contribution is 2.40. The van der Waals surface area contributed by atoms with Crippen LogP contribution in [0.5, 0.6) is 0 Å². The van der Waals surface area contributed by atoms with E-state index in [2.05, 4.69) is 17.6 Å². The van der Waals surface area contributed by atoms with Gasteiger partial charge in [-0.15, -0.1) is 23.1 Å². The van der Waals surface area contributed by atoms with Crippen molar-refractivity contribution in [2.45, 2.75) is 38.0 Å². The molecule has 6 nitrogen and oxygen atoms in total. The Labute approximate surface area is 223 Å².